The van der Waals surface area contributed by atoms with E-state index in [0.717, 1.165) is 25.7 Å². The molecule has 1 rings (SSSR count). The van der Waals surface area contributed by atoms with E-state index < -0.39 is 26.8 Å². The van der Waals surface area contributed by atoms with E-state index in [-0.39, 0.29) is 12.6 Å². The summed E-state index contributed by atoms with van der Waals surface area (Å²) in [6, 6.07) is -0.0491. The van der Waals surface area contributed by atoms with Crippen molar-refractivity contribution in [2.75, 3.05) is 19.4 Å². The number of ether oxygens (including phenoxy) is 1. The van der Waals surface area contributed by atoms with Gasteiger partial charge in [-0.05, 0) is 26.8 Å². The number of sulfone groups is 1. The minimum absolute atomic E-state index is 0.0491. The van der Waals surface area contributed by atoms with Crippen LogP contribution in [0.25, 0.3) is 0 Å². The van der Waals surface area contributed by atoms with Crippen molar-refractivity contribution in [1.82, 2.24) is 5.32 Å². The molecule has 1 N–H and O–H groups in total. The predicted octanol–water partition coefficient (Wildman–Crippen LogP) is 0.885. The molecule has 2 atom stereocenters. The highest BCUT2D eigenvalue weighted by atomic mass is 32.2. The molecule has 0 amide bonds. The summed E-state index contributed by atoms with van der Waals surface area (Å²) in [5, 5.41) is 2.61. The molecule has 6 heteroatoms. The van der Waals surface area contributed by atoms with Crippen LogP contribution in [0.3, 0.4) is 0 Å². The van der Waals surface area contributed by atoms with Crippen molar-refractivity contribution in [2.45, 2.75) is 50.3 Å². The Hall–Kier alpha value is -0.620. The van der Waals surface area contributed by atoms with Gasteiger partial charge in [-0.2, -0.15) is 0 Å². The molecule has 0 heterocycles. The van der Waals surface area contributed by atoms with Crippen LogP contribution in [0, 0.1) is 0 Å². The Morgan fingerprint density at radius 2 is 1.94 bits per heavy atom. The first-order valence-corrected chi connectivity index (χ1v) is 8.27. The van der Waals surface area contributed by atoms with Crippen LogP contribution in [-0.4, -0.2) is 45.1 Å². The summed E-state index contributed by atoms with van der Waals surface area (Å²) in [5.74, 6) is -1.14. The van der Waals surface area contributed by atoms with Crippen molar-refractivity contribution < 1.29 is 17.9 Å². The molecule has 18 heavy (non-hydrogen) atoms. The molecule has 0 aromatic carbocycles. The highest BCUT2D eigenvalue weighted by Crippen LogP contribution is 2.24. The van der Waals surface area contributed by atoms with Gasteiger partial charge < -0.3 is 10.1 Å². The molecular weight excluding hydrogens is 254 g/mol. The van der Waals surface area contributed by atoms with E-state index in [2.05, 4.69) is 5.32 Å². The Morgan fingerprint density at radius 3 is 2.56 bits per heavy atom. The van der Waals surface area contributed by atoms with Gasteiger partial charge in [-0.15, -0.1) is 0 Å². The van der Waals surface area contributed by atoms with E-state index >= 15 is 0 Å². The number of hydrogen-bond acceptors (Lipinski definition) is 5. The molecule has 1 aliphatic carbocycles. The summed E-state index contributed by atoms with van der Waals surface area (Å²) in [6.45, 7) is 1.89. The summed E-state index contributed by atoms with van der Waals surface area (Å²) in [6.07, 6.45) is 4.49. The fourth-order valence-corrected chi connectivity index (χ4v) is 4.43. The Bertz CT molecular complexity index is 366. The first-order valence-electron chi connectivity index (χ1n) is 6.55. The van der Waals surface area contributed by atoms with Crippen LogP contribution in [0.1, 0.15) is 39.0 Å². The Morgan fingerprint density at radius 1 is 1.28 bits per heavy atom. The standard InChI is InChI=1S/C12H23NO4S/c1-3-17-12(14)9-18(15,16)11-8-6-4-5-7-10(11)13-2/h10-11,13H,3-9H2,1-2H3. The fraction of sp³-hybridized carbons (Fsp3) is 0.917. The molecule has 0 spiro atoms. The van der Waals surface area contributed by atoms with E-state index in [1.54, 1.807) is 14.0 Å². The lowest BCUT2D eigenvalue weighted by atomic mass is 10.1. The third kappa shape index (κ3) is 4.24. The quantitative estimate of drug-likeness (QED) is 0.597. The average molecular weight is 277 g/mol. The number of carbonyl (C=O) groups excluding carboxylic acids is 1. The lowest BCUT2D eigenvalue weighted by molar-refractivity contribution is -0.139. The second kappa shape index (κ2) is 7.09. The van der Waals surface area contributed by atoms with Gasteiger partial charge in [0.2, 0.25) is 0 Å². The normalized spacial score (nSPS) is 25.4. The van der Waals surface area contributed by atoms with Gasteiger partial charge in [0.15, 0.2) is 9.84 Å². The van der Waals surface area contributed by atoms with Crippen LogP contribution in [0.2, 0.25) is 0 Å². The first-order chi connectivity index (χ1) is 8.51. The minimum Gasteiger partial charge on any atom is -0.465 e. The highest BCUT2D eigenvalue weighted by molar-refractivity contribution is 7.92. The summed E-state index contributed by atoms with van der Waals surface area (Å²) in [4.78, 5) is 11.4. The summed E-state index contributed by atoms with van der Waals surface area (Å²) in [5.41, 5.74) is 0. The number of rotatable bonds is 5. The zero-order valence-corrected chi connectivity index (χ0v) is 12.0. The molecule has 1 fully saturated rings. The third-order valence-electron chi connectivity index (χ3n) is 3.41. The summed E-state index contributed by atoms with van der Waals surface area (Å²) in [7, 11) is -1.65. The van der Waals surface area contributed by atoms with Crippen molar-refractivity contribution in [1.29, 1.82) is 0 Å². The van der Waals surface area contributed by atoms with Crippen molar-refractivity contribution in [3.05, 3.63) is 0 Å². The fourth-order valence-electron chi connectivity index (χ4n) is 2.51. The van der Waals surface area contributed by atoms with Crippen LogP contribution in [0.15, 0.2) is 0 Å². The van der Waals surface area contributed by atoms with Gasteiger partial charge in [0, 0.05) is 6.04 Å². The summed E-state index contributed by atoms with van der Waals surface area (Å²) >= 11 is 0. The van der Waals surface area contributed by atoms with Gasteiger partial charge in [-0.1, -0.05) is 19.3 Å². The Labute approximate surface area is 109 Å². The van der Waals surface area contributed by atoms with Crippen LogP contribution in [0.5, 0.6) is 0 Å². The summed E-state index contributed by atoms with van der Waals surface area (Å²) < 4.78 is 29.2. The second-order valence-corrected chi connectivity index (χ2v) is 6.90. The maximum absolute atomic E-state index is 12.3. The molecule has 2 unspecified atom stereocenters. The number of nitrogens with one attached hydrogen (secondary N) is 1. The average Bonchev–Trinajstić information content (AvgIpc) is 2.53. The van der Waals surface area contributed by atoms with E-state index in [4.69, 9.17) is 4.74 Å². The Balaban J connectivity index is 2.76. The number of esters is 1. The van der Waals surface area contributed by atoms with Gasteiger partial charge in [0.1, 0.15) is 5.75 Å². The highest BCUT2D eigenvalue weighted by Gasteiger charge is 2.35. The second-order valence-electron chi connectivity index (χ2n) is 4.68. The maximum Gasteiger partial charge on any atom is 0.321 e. The molecule has 0 aliphatic heterocycles. The van der Waals surface area contributed by atoms with Crippen molar-refractivity contribution in [3.8, 4) is 0 Å². The van der Waals surface area contributed by atoms with E-state index in [1.807, 2.05) is 0 Å². The topological polar surface area (TPSA) is 72.5 Å². The molecule has 0 radical (unpaired) electrons. The largest absolute Gasteiger partial charge is 0.465 e. The van der Waals surface area contributed by atoms with Crippen molar-refractivity contribution in [2.24, 2.45) is 0 Å². The molecule has 1 saturated carbocycles. The molecule has 0 saturated heterocycles. The monoisotopic (exact) mass is 277 g/mol. The lowest BCUT2D eigenvalue weighted by Gasteiger charge is -2.24. The van der Waals surface area contributed by atoms with Crippen molar-refractivity contribution >= 4 is 15.8 Å². The molecule has 0 aromatic rings. The molecule has 106 valence electrons. The van der Waals surface area contributed by atoms with Crippen LogP contribution in [0.4, 0.5) is 0 Å². The van der Waals surface area contributed by atoms with Crippen LogP contribution < -0.4 is 5.32 Å². The minimum atomic E-state index is -3.43. The SMILES string of the molecule is CCOC(=O)CS(=O)(=O)C1CCCCCC1NC. The smallest absolute Gasteiger partial charge is 0.321 e. The van der Waals surface area contributed by atoms with Crippen molar-refractivity contribution in [3.63, 3.8) is 0 Å². The molecule has 0 aromatic heterocycles. The predicted molar refractivity (Wildman–Crippen MR) is 70.1 cm³/mol. The van der Waals surface area contributed by atoms with Gasteiger partial charge in [0.05, 0.1) is 11.9 Å². The molecule has 5 nitrogen and oxygen atoms in total. The maximum atomic E-state index is 12.3. The van der Waals surface area contributed by atoms with E-state index in [0.29, 0.717) is 6.42 Å². The van der Waals surface area contributed by atoms with Gasteiger partial charge in [-0.25, -0.2) is 8.42 Å². The molecule has 0 bridgehead atoms. The first kappa shape index (κ1) is 15.4. The molecular formula is C12H23NO4S. The Kier molecular flexibility index (Phi) is 6.08. The van der Waals surface area contributed by atoms with Crippen LogP contribution in [-0.2, 0) is 19.4 Å². The third-order valence-corrected chi connectivity index (χ3v) is 5.53. The van der Waals surface area contributed by atoms with Crippen LogP contribution >= 0.6 is 0 Å². The van der Waals surface area contributed by atoms with E-state index in [9.17, 15) is 13.2 Å². The van der Waals surface area contributed by atoms with Gasteiger partial charge in [0.25, 0.3) is 0 Å². The zero-order chi connectivity index (χ0) is 13.6. The van der Waals surface area contributed by atoms with E-state index in [1.165, 1.54) is 0 Å². The molecule has 1 aliphatic rings. The lowest BCUT2D eigenvalue weighted by Crippen LogP contribution is -2.44. The number of carbonyl (C=O) groups is 1. The number of hydrogen-bond donors (Lipinski definition) is 1. The van der Waals surface area contributed by atoms with Gasteiger partial charge >= 0.3 is 5.97 Å². The van der Waals surface area contributed by atoms with Gasteiger partial charge in [-0.3, -0.25) is 4.79 Å². The zero-order valence-electron chi connectivity index (χ0n) is 11.1.